The van der Waals surface area contributed by atoms with Crippen LogP contribution in [0.1, 0.15) is 92.4 Å². The number of hydrogen-bond donors (Lipinski definition) is 16. The van der Waals surface area contributed by atoms with E-state index < -0.39 is 163 Å². The van der Waals surface area contributed by atoms with E-state index in [9.17, 15) is 75.0 Å². The van der Waals surface area contributed by atoms with Crippen molar-refractivity contribution in [1.82, 2.24) is 97.6 Å². The Morgan fingerprint density at radius 3 is 0.984 bits per heavy atom. The van der Waals surface area contributed by atoms with Gasteiger partial charge < -0.3 is 105 Å². The zero-order valence-electron chi connectivity index (χ0n) is 72.7. The van der Waals surface area contributed by atoms with E-state index in [0.29, 0.717) is 97.5 Å². The second-order valence-electron chi connectivity index (χ2n) is 35.6. The Hall–Kier alpha value is -5.28. The van der Waals surface area contributed by atoms with Crippen LogP contribution in [-0.4, -0.2) is 375 Å². The van der Waals surface area contributed by atoms with Crippen LogP contribution in [0, 0.1) is 43.2 Å². The summed E-state index contributed by atoms with van der Waals surface area (Å²) in [6.45, 7) is 23.1. The van der Waals surface area contributed by atoms with Crippen molar-refractivity contribution in [3.8, 4) is 0 Å². The number of rotatable bonds is 21. The number of aliphatic hydroxyl groups excluding tert-OH is 10. The summed E-state index contributed by atoms with van der Waals surface area (Å²) in [5.74, 6) is 2.14. The number of aryl methyl sites for hydroxylation is 5. The summed E-state index contributed by atoms with van der Waals surface area (Å²) in [5.41, 5.74) is 0.502. The van der Waals surface area contributed by atoms with Crippen molar-refractivity contribution in [3.05, 3.63) is 99.5 Å². The van der Waals surface area contributed by atoms with Crippen molar-refractivity contribution < 1.29 is 74.7 Å². The van der Waals surface area contributed by atoms with Crippen LogP contribution in [0.3, 0.4) is 0 Å². The quantitative estimate of drug-likeness (QED) is 0.0158. The highest BCUT2D eigenvalue weighted by Crippen LogP contribution is 2.47. The largest absolute Gasteiger partial charge is 0.388 e. The van der Waals surface area contributed by atoms with Crippen molar-refractivity contribution >= 4 is 196 Å². The van der Waals surface area contributed by atoms with Gasteiger partial charge in [0.25, 0.3) is 27.8 Å². The summed E-state index contributed by atoms with van der Waals surface area (Å²) in [6, 6.07) is 0. The molecule has 15 rings (SSSR count). The van der Waals surface area contributed by atoms with Gasteiger partial charge in [0.1, 0.15) is 90.2 Å². The van der Waals surface area contributed by atoms with Gasteiger partial charge in [0.05, 0.1) is 30.5 Å². The van der Waals surface area contributed by atoms with E-state index in [1.165, 1.54) is 25.5 Å². The summed E-state index contributed by atoms with van der Waals surface area (Å²) < 4.78 is 38.2. The summed E-state index contributed by atoms with van der Waals surface area (Å²) in [6.07, 6.45) is 12.0. The molecule has 5 aliphatic heterocycles. The van der Waals surface area contributed by atoms with Crippen LogP contribution in [0.4, 0.5) is 0 Å². The fourth-order valence-corrected chi connectivity index (χ4v) is 22.2. The summed E-state index contributed by atoms with van der Waals surface area (Å²) in [7, 11) is 0. The predicted octanol–water partition coefficient (Wildman–Crippen LogP) is 4.14. The Bertz CT molecular complexity index is 5990. The van der Waals surface area contributed by atoms with Crippen LogP contribution in [0.2, 0.25) is 5.28 Å². The van der Waals surface area contributed by atoms with E-state index in [1.807, 2.05) is 28.8 Å². The fourth-order valence-electron chi connectivity index (χ4n) is 15.0. The minimum absolute atomic E-state index is 0.0273. The maximum atomic E-state index is 12.2. The topological polar surface area (TPSA) is 569 Å². The average Bonchev–Trinajstić information content (AvgIpc) is 1.63. The van der Waals surface area contributed by atoms with Gasteiger partial charge in [-0.25, -0.2) is 44.9 Å². The standard InChI is InChI=1S/C16H25N4O4PS.C15H22BrN4O4P.C15H22ClN4O4P.C15H22IN4O4P.C15H23N4O4PS/c1-8-17-13-10(14(23)18-8)19-16(26-5)20(13)15-12(22)11(21)9(24-15)6-7-25(2,3)4;3*1-7-17-12-9(13(23)18-7)19-15(16)20(12)14-11(22)10(21)8(24-14)5-6-25(2,3)4;1-7-16-12-9(13(22)17-7)18-15(25)19(12)14-11(21)10(20)8(23-14)5-6-24(2,3)4/h9,11-12,15,21-22H,2,6-7H2,1,3-5H3,(H,17,18,23);3*8,10-11,14,21-22H,2,5-6H2,1,3-4H3,(H,17,18,23);8,10-11,14,20-21H,2,5-6H2,1,3-4H3,(H,18,25)(H,16,17,22)/t9-,11-,12-,15-;4*8-,10-,11-,14-/m11111/s1. The van der Waals surface area contributed by atoms with Crippen LogP contribution < -0.4 is 27.8 Å². The van der Waals surface area contributed by atoms with E-state index in [-0.39, 0.29) is 65.5 Å². The molecule has 0 radical (unpaired) electrons. The average molecular weight is 2090 g/mol. The number of imidazole rings is 5. The van der Waals surface area contributed by atoms with Crippen LogP contribution in [0.5, 0.6) is 0 Å². The third-order valence-corrected chi connectivity index (χ3v) is 31.3. The van der Waals surface area contributed by atoms with Gasteiger partial charge in [0.2, 0.25) is 5.28 Å². The molecular weight excluding hydrogens is 1970 g/mol. The number of H-pyrrole nitrogens is 6. The van der Waals surface area contributed by atoms with Gasteiger partial charge in [-0.1, -0.05) is 11.8 Å². The van der Waals surface area contributed by atoms with Crippen LogP contribution in [0.25, 0.3) is 55.8 Å². The second-order valence-corrected chi connectivity index (χ2v) is 60.4. The van der Waals surface area contributed by atoms with Crippen LogP contribution in [-0.2, 0) is 23.7 Å². The number of hydrogen-bond acceptors (Lipinski definition) is 31. The number of halogens is 3. The molecule has 5 fully saturated rings. The summed E-state index contributed by atoms with van der Waals surface area (Å²) in [4.78, 5) is 114. The molecule has 0 aliphatic carbocycles. The number of fused-ring (bicyclic) bond motifs is 5. The van der Waals surface area contributed by atoms with Gasteiger partial charge in [-0.2, -0.15) is 0 Å². The smallest absolute Gasteiger partial charge is 0.279 e. The maximum absolute atomic E-state index is 12.2. The van der Waals surface area contributed by atoms with Gasteiger partial charge in [-0.05, 0) is 210 Å². The molecule has 50 heteroatoms. The van der Waals surface area contributed by atoms with Gasteiger partial charge in [0, 0.05) is 22.6 Å². The van der Waals surface area contributed by atoms with Crippen LogP contribution in [0.15, 0.2) is 33.9 Å². The van der Waals surface area contributed by atoms with Crippen molar-refractivity contribution in [2.45, 2.75) is 195 Å². The first kappa shape index (κ1) is 101. The molecule has 0 bridgehead atoms. The summed E-state index contributed by atoms with van der Waals surface area (Å²) in [5, 5.41) is 105. The lowest BCUT2D eigenvalue weighted by molar-refractivity contribution is -0.0400. The molecule has 0 saturated carbocycles. The first-order valence-electron chi connectivity index (χ1n) is 40.1. The zero-order chi connectivity index (χ0) is 93.3. The number of aromatic amines is 6. The Balaban J connectivity index is 0.000000153. The minimum Gasteiger partial charge on any atom is -0.388 e. The molecule has 40 nitrogen and oxygen atoms in total. The highest BCUT2D eigenvalue weighted by atomic mass is 127. The lowest BCUT2D eigenvalue weighted by atomic mass is 10.1. The number of thioether (sulfide) groups is 1. The first-order chi connectivity index (χ1) is 58.4. The SMILES string of the molecule is C=P(C)(C)CC[C@H]1O[C@@H](n2c(=S)[nH]c3c(=O)[nH]c(C)nc32)[C@H](O)[C@@H]1O.C=P(C)(C)CC[C@H]1O[C@@H](n2c(Br)nc3c(=O)[nH]c(C)nc32)[C@H](O)[C@@H]1O.C=P(C)(C)CC[C@H]1O[C@@H](n2c(Cl)nc3c(=O)[nH]c(C)nc32)[C@H](O)[C@@H]1O.C=P(C)(C)CC[C@H]1O[C@@H](n2c(I)nc3c(=O)[nH]c(C)nc32)[C@H](O)[C@@H]1O.C=P(C)(C)CC[C@H]1O[C@@H](n2c(SC)nc3c(=O)[nH]c(C)nc32)[C@H](O)[C@@H]1O. The van der Waals surface area contributed by atoms with Crippen molar-refractivity contribution in [1.29, 1.82) is 0 Å². The molecule has 20 atom stereocenters. The Kier molecular flexibility index (Phi) is 32.0. The molecule has 15 heterocycles. The Morgan fingerprint density at radius 2 is 0.643 bits per heavy atom. The van der Waals surface area contributed by atoms with E-state index in [1.54, 1.807) is 43.8 Å². The van der Waals surface area contributed by atoms with Crippen molar-refractivity contribution in [2.75, 3.05) is 104 Å². The van der Waals surface area contributed by atoms with Crippen LogP contribution >= 0.6 is 109 Å². The Morgan fingerprint density at radius 1 is 0.381 bits per heavy atom. The Labute approximate surface area is 760 Å². The molecule has 0 amide bonds. The monoisotopic (exact) mass is 2090 g/mol. The molecular formula is C76H114BrClIN20O20P5S2. The van der Waals surface area contributed by atoms with E-state index >= 15 is 0 Å². The van der Waals surface area contributed by atoms with E-state index in [2.05, 4.69) is 189 Å². The highest BCUT2D eigenvalue weighted by molar-refractivity contribution is 14.1. The molecule has 16 N–H and O–H groups in total. The van der Waals surface area contributed by atoms with Crippen molar-refractivity contribution in [3.63, 3.8) is 0 Å². The predicted molar refractivity (Wildman–Crippen MR) is 516 cm³/mol. The van der Waals surface area contributed by atoms with Gasteiger partial charge in [0.15, 0.2) is 105 Å². The highest BCUT2D eigenvalue weighted by Gasteiger charge is 2.50. The number of nitrogens with one attached hydrogen (secondary N) is 6. The normalized spacial score (nSPS) is 27.2. The number of ether oxygens (including phenoxy) is 5. The molecule has 10 aromatic rings. The number of aromatic nitrogens is 20. The van der Waals surface area contributed by atoms with Crippen molar-refractivity contribution in [2.24, 2.45) is 0 Å². The van der Waals surface area contributed by atoms with Gasteiger partial charge >= 0.3 is 0 Å². The second kappa shape index (κ2) is 39.9. The molecule has 5 aliphatic rings. The lowest BCUT2D eigenvalue weighted by Gasteiger charge is -2.19. The fraction of sp³-hybridized carbons (Fsp3) is 0.605. The van der Waals surface area contributed by atoms with Gasteiger partial charge in [-0.15, -0.1) is 65.9 Å². The number of aliphatic hydroxyl groups is 10. The third-order valence-electron chi connectivity index (χ3n) is 21.4. The summed E-state index contributed by atoms with van der Waals surface area (Å²) >= 11 is 18.0. The van der Waals surface area contributed by atoms with Gasteiger partial charge in [-0.3, -0.25) is 46.8 Å². The zero-order valence-corrected chi connectivity index (χ0v) is 83.3. The lowest BCUT2D eigenvalue weighted by Crippen LogP contribution is -2.32. The molecule has 0 unspecified atom stereocenters. The molecule has 10 aromatic heterocycles. The first-order valence-corrected chi connectivity index (χ1v) is 59.2. The third kappa shape index (κ3) is 23.1. The molecule has 696 valence electrons. The van der Waals surface area contributed by atoms with E-state index in [4.69, 9.17) is 47.5 Å². The molecule has 126 heavy (non-hydrogen) atoms. The number of nitrogens with zero attached hydrogens (tertiary/aromatic N) is 14. The molecule has 0 spiro atoms. The maximum Gasteiger partial charge on any atom is 0.279 e. The molecule has 0 aromatic carbocycles. The van der Waals surface area contributed by atoms with E-state index in [0.717, 1.165) is 30.8 Å². The minimum atomic E-state index is -1.28. The molecule has 5 saturated heterocycles.